The molecule has 2 amide bonds. The van der Waals surface area contributed by atoms with Gasteiger partial charge in [0.05, 0.1) is 20.4 Å². The number of carbonyl (C=O) groups is 2. The van der Waals surface area contributed by atoms with Crippen molar-refractivity contribution in [2.75, 3.05) is 14.2 Å². The van der Waals surface area contributed by atoms with Crippen LogP contribution >= 0.6 is 0 Å². The number of rotatable bonds is 4. The van der Waals surface area contributed by atoms with E-state index >= 15 is 0 Å². The average Bonchev–Trinajstić information content (AvgIpc) is 2.37. The predicted molar refractivity (Wildman–Crippen MR) is 64.5 cm³/mol. The molecule has 0 aliphatic carbocycles. The fraction of sp³-hybridized carbons (Fsp3) is 0.182. The summed E-state index contributed by atoms with van der Waals surface area (Å²) in [5.41, 5.74) is 7.36. The molecule has 0 spiro atoms. The van der Waals surface area contributed by atoms with Crippen LogP contribution in [0.5, 0.6) is 11.5 Å². The number of methoxy groups -OCH3 is 2. The summed E-state index contributed by atoms with van der Waals surface area (Å²) in [5, 5.41) is 3.58. The molecule has 0 fully saturated rings. The van der Waals surface area contributed by atoms with E-state index in [1.807, 2.05) is 5.43 Å². The molecule has 0 aliphatic rings. The Morgan fingerprint density at radius 1 is 1.22 bits per heavy atom. The summed E-state index contributed by atoms with van der Waals surface area (Å²) in [6.45, 7) is 0. The van der Waals surface area contributed by atoms with Crippen molar-refractivity contribution < 1.29 is 19.1 Å². The zero-order valence-corrected chi connectivity index (χ0v) is 9.97. The topological polar surface area (TPSA) is 103 Å². The second-order valence-electron chi connectivity index (χ2n) is 3.21. The number of hydrogen-bond acceptors (Lipinski definition) is 5. The number of nitrogens with one attached hydrogen (secondary N) is 1. The van der Waals surface area contributed by atoms with Gasteiger partial charge in [-0.3, -0.25) is 9.59 Å². The second kappa shape index (κ2) is 6.24. The first-order valence-corrected chi connectivity index (χ1v) is 4.92. The van der Waals surface area contributed by atoms with Gasteiger partial charge in [0.15, 0.2) is 0 Å². The summed E-state index contributed by atoms with van der Waals surface area (Å²) in [5.74, 6) is -0.925. The molecule has 1 rings (SSSR count). The average molecular weight is 251 g/mol. The molecule has 1 aromatic rings. The third-order valence-electron chi connectivity index (χ3n) is 1.98. The number of nitrogens with two attached hydrogens (primary N) is 1. The van der Waals surface area contributed by atoms with Gasteiger partial charge in [0.25, 0.3) is 0 Å². The molecule has 0 bridgehead atoms. The van der Waals surface area contributed by atoms with E-state index in [4.69, 9.17) is 15.2 Å². The van der Waals surface area contributed by atoms with Crippen LogP contribution < -0.4 is 20.6 Å². The first-order chi connectivity index (χ1) is 8.56. The van der Waals surface area contributed by atoms with Gasteiger partial charge in [-0.25, -0.2) is 5.43 Å². The van der Waals surface area contributed by atoms with Crippen LogP contribution in [0.15, 0.2) is 23.3 Å². The molecule has 96 valence electrons. The fourth-order valence-electron chi connectivity index (χ4n) is 1.12. The molecular formula is C11H13N3O4. The molecule has 0 unspecified atom stereocenters. The van der Waals surface area contributed by atoms with Gasteiger partial charge in [-0.15, -0.1) is 0 Å². The minimum Gasteiger partial charge on any atom is -0.497 e. The third kappa shape index (κ3) is 3.78. The lowest BCUT2D eigenvalue weighted by atomic mass is 10.2. The number of nitrogens with zero attached hydrogens (tertiary/aromatic N) is 1. The minimum atomic E-state index is -1.10. The molecule has 0 saturated carbocycles. The molecule has 7 nitrogen and oxygen atoms in total. The normalized spacial score (nSPS) is 10.1. The van der Waals surface area contributed by atoms with E-state index in [9.17, 15) is 9.59 Å². The van der Waals surface area contributed by atoms with E-state index in [1.165, 1.54) is 20.4 Å². The summed E-state index contributed by atoms with van der Waals surface area (Å²) >= 11 is 0. The van der Waals surface area contributed by atoms with Crippen molar-refractivity contribution in [3.63, 3.8) is 0 Å². The van der Waals surface area contributed by atoms with Crippen LogP contribution in [0.3, 0.4) is 0 Å². The van der Waals surface area contributed by atoms with E-state index in [-0.39, 0.29) is 0 Å². The van der Waals surface area contributed by atoms with Crippen LogP contribution in [0.4, 0.5) is 0 Å². The van der Waals surface area contributed by atoms with E-state index in [0.29, 0.717) is 17.1 Å². The summed E-state index contributed by atoms with van der Waals surface area (Å²) in [6.07, 6.45) is 1.34. The number of hydrogen-bond donors (Lipinski definition) is 2. The Kier molecular flexibility index (Phi) is 4.67. The molecule has 0 heterocycles. The van der Waals surface area contributed by atoms with Gasteiger partial charge in [-0.1, -0.05) is 0 Å². The van der Waals surface area contributed by atoms with Crippen LogP contribution in [0.1, 0.15) is 5.56 Å². The number of hydrazone groups is 1. The van der Waals surface area contributed by atoms with E-state index in [2.05, 4.69) is 5.10 Å². The van der Waals surface area contributed by atoms with E-state index in [1.54, 1.807) is 18.2 Å². The molecule has 18 heavy (non-hydrogen) atoms. The number of primary amides is 1. The zero-order chi connectivity index (χ0) is 13.5. The summed E-state index contributed by atoms with van der Waals surface area (Å²) < 4.78 is 10.1. The first kappa shape index (κ1) is 13.5. The largest absolute Gasteiger partial charge is 0.497 e. The third-order valence-corrected chi connectivity index (χ3v) is 1.98. The maximum atomic E-state index is 10.8. The van der Waals surface area contributed by atoms with Crippen molar-refractivity contribution in [1.29, 1.82) is 0 Å². The highest BCUT2D eigenvalue weighted by Gasteiger charge is 2.05. The van der Waals surface area contributed by atoms with Gasteiger partial charge in [0.1, 0.15) is 11.5 Å². The summed E-state index contributed by atoms with van der Waals surface area (Å²) in [6, 6.07) is 5.06. The Morgan fingerprint density at radius 3 is 2.22 bits per heavy atom. The van der Waals surface area contributed by atoms with Gasteiger partial charge in [0.2, 0.25) is 0 Å². The van der Waals surface area contributed by atoms with Crippen molar-refractivity contribution in [1.82, 2.24) is 5.43 Å². The van der Waals surface area contributed by atoms with Gasteiger partial charge in [-0.2, -0.15) is 5.10 Å². The summed E-state index contributed by atoms with van der Waals surface area (Å²) in [7, 11) is 3.04. The van der Waals surface area contributed by atoms with Crippen molar-refractivity contribution in [2.24, 2.45) is 10.8 Å². The molecule has 1 aromatic carbocycles. The highest BCUT2D eigenvalue weighted by atomic mass is 16.5. The maximum Gasteiger partial charge on any atom is 0.329 e. The molecule has 0 aliphatic heterocycles. The van der Waals surface area contributed by atoms with Crippen molar-refractivity contribution in [3.8, 4) is 11.5 Å². The number of ether oxygens (including phenoxy) is 2. The smallest absolute Gasteiger partial charge is 0.329 e. The van der Waals surface area contributed by atoms with Crippen LogP contribution in [0.25, 0.3) is 0 Å². The second-order valence-corrected chi connectivity index (χ2v) is 3.21. The molecule has 0 aromatic heterocycles. The van der Waals surface area contributed by atoms with Crippen molar-refractivity contribution >= 4 is 18.0 Å². The quantitative estimate of drug-likeness (QED) is 0.433. The zero-order valence-electron chi connectivity index (χ0n) is 9.97. The fourth-order valence-corrected chi connectivity index (χ4v) is 1.12. The number of amides is 2. The minimum absolute atomic E-state index is 0.581. The highest BCUT2D eigenvalue weighted by molar-refractivity contribution is 6.34. The van der Waals surface area contributed by atoms with Crippen LogP contribution in [0, 0.1) is 0 Å². The molecular weight excluding hydrogens is 238 g/mol. The number of benzene rings is 1. The lowest BCUT2D eigenvalue weighted by Crippen LogP contribution is -2.32. The Labute approximate surface area is 104 Å². The lowest BCUT2D eigenvalue weighted by Gasteiger charge is -2.05. The number of carbonyl (C=O) groups excluding carboxylic acids is 2. The standard InChI is InChI=1S/C11H13N3O4/c1-17-8-3-7(4-9(5-8)18-2)6-13-14-11(16)10(12)15/h3-6H,1-2H3,(H2,12,15)(H,14,16). The maximum absolute atomic E-state index is 10.8. The Morgan fingerprint density at radius 2 is 1.78 bits per heavy atom. The Hall–Kier alpha value is -2.57. The predicted octanol–water partition coefficient (Wildman–Crippen LogP) is -0.361. The molecule has 0 atom stereocenters. The van der Waals surface area contributed by atoms with E-state index in [0.717, 1.165) is 0 Å². The molecule has 0 radical (unpaired) electrons. The van der Waals surface area contributed by atoms with Crippen LogP contribution in [-0.4, -0.2) is 32.2 Å². The lowest BCUT2D eigenvalue weighted by molar-refractivity contribution is -0.137. The Bertz CT molecular complexity index is 463. The molecule has 3 N–H and O–H groups in total. The van der Waals surface area contributed by atoms with Crippen molar-refractivity contribution in [2.45, 2.75) is 0 Å². The van der Waals surface area contributed by atoms with Crippen LogP contribution in [0.2, 0.25) is 0 Å². The van der Waals surface area contributed by atoms with Gasteiger partial charge in [0, 0.05) is 11.6 Å². The first-order valence-electron chi connectivity index (χ1n) is 4.92. The Balaban J connectivity index is 2.80. The SMILES string of the molecule is COc1cc(C=NNC(=O)C(N)=O)cc(OC)c1. The van der Waals surface area contributed by atoms with Crippen LogP contribution in [-0.2, 0) is 9.59 Å². The van der Waals surface area contributed by atoms with E-state index < -0.39 is 11.8 Å². The molecule has 7 heteroatoms. The van der Waals surface area contributed by atoms with Gasteiger partial charge >= 0.3 is 11.8 Å². The van der Waals surface area contributed by atoms with Gasteiger partial charge < -0.3 is 15.2 Å². The van der Waals surface area contributed by atoms with Crippen molar-refractivity contribution in [3.05, 3.63) is 23.8 Å². The molecule has 0 saturated heterocycles. The monoisotopic (exact) mass is 251 g/mol. The van der Waals surface area contributed by atoms with Gasteiger partial charge in [-0.05, 0) is 12.1 Å². The highest BCUT2D eigenvalue weighted by Crippen LogP contribution is 2.21. The summed E-state index contributed by atoms with van der Waals surface area (Å²) in [4.78, 5) is 21.3.